The van der Waals surface area contributed by atoms with Gasteiger partial charge >= 0.3 is 5.97 Å². The summed E-state index contributed by atoms with van der Waals surface area (Å²) in [6.07, 6.45) is 0. The summed E-state index contributed by atoms with van der Waals surface area (Å²) in [6.45, 7) is 5.67. The summed E-state index contributed by atoms with van der Waals surface area (Å²) in [7, 11) is 0. The summed E-state index contributed by atoms with van der Waals surface area (Å²) in [5.74, 6) is -0.879. The lowest BCUT2D eigenvalue weighted by Crippen LogP contribution is -2.31. The lowest BCUT2D eigenvalue weighted by molar-refractivity contribution is -0.124. The van der Waals surface area contributed by atoms with Gasteiger partial charge in [-0.25, -0.2) is 4.79 Å². The van der Waals surface area contributed by atoms with Crippen LogP contribution in [0.15, 0.2) is 48.5 Å². The standard InChI is InChI=1S/C21H22N2O3/c1-13-8-9-16(10-14(13)2)15(3)22-20(24)12-26-21(25)19-11-17-6-4-5-7-18(17)23-19/h4-11,15,23H,12H2,1-3H3,(H,22,24)/t15-/m1/s1. The van der Waals surface area contributed by atoms with Crippen LogP contribution in [0.5, 0.6) is 0 Å². The molecule has 134 valence electrons. The molecule has 1 amide bonds. The van der Waals surface area contributed by atoms with Gasteiger partial charge in [-0.2, -0.15) is 0 Å². The molecule has 1 atom stereocenters. The number of hydrogen-bond donors (Lipinski definition) is 2. The van der Waals surface area contributed by atoms with E-state index in [0.717, 1.165) is 16.5 Å². The molecule has 0 fully saturated rings. The Morgan fingerprint density at radius 1 is 1.08 bits per heavy atom. The molecule has 3 rings (SSSR count). The highest BCUT2D eigenvalue weighted by Gasteiger charge is 2.15. The molecule has 0 aliphatic heterocycles. The number of aryl methyl sites for hydroxylation is 2. The van der Waals surface area contributed by atoms with E-state index in [1.807, 2.05) is 57.2 Å². The summed E-state index contributed by atoms with van der Waals surface area (Å²) in [5.41, 5.74) is 4.59. The van der Waals surface area contributed by atoms with E-state index in [1.54, 1.807) is 6.07 Å². The number of H-pyrrole nitrogens is 1. The first-order valence-electron chi connectivity index (χ1n) is 8.55. The summed E-state index contributed by atoms with van der Waals surface area (Å²) in [4.78, 5) is 27.2. The average Bonchev–Trinajstić information content (AvgIpc) is 3.06. The number of rotatable bonds is 5. The van der Waals surface area contributed by atoms with Crippen LogP contribution in [0.25, 0.3) is 10.9 Å². The first-order chi connectivity index (χ1) is 12.4. The van der Waals surface area contributed by atoms with Crippen LogP contribution < -0.4 is 5.32 Å². The van der Waals surface area contributed by atoms with E-state index in [-0.39, 0.29) is 18.6 Å². The second-order valence-corrected chi connectivity index (χ2v) is 6.48. The van der Waals surface area contributed by atoms with E-state index >= 15 is 0 Å². The number of aromatic amines is 1. The molecule has 3 aromatic rings. The Kier molecular flexibility index (Phi) is 5.07. The number of esters is 1. The van der Waals surface area contributed by atoms with E-state index in [2.05, 4.69) is 16.4 Å². The molecular weight excluding hydrogens is 328 g/mol. The van der Waals surface area contributed by atoms with Crippen molar-refractivity contribution in [3.8, 4) is 0 Å². The second kappa shape index (κ2) is 7.44. The van der Waals surface area contributed by atoms with E-state index < -0.39 is 5.97 Å². The number of amides is 1. The molecule has 0 spiro atoms. The Labute approximate surface area is 152 Å². The van der Waals surface area contributed by atoms with Crippen molar-refractivity contribution < 1.29 is 14.3 Å². The smallest absolute Gasteiger partial charge is 0.355 e. The minimum atomic E-state index is -0.546. The number of carbonyl (C=O) groups excluding carboxylic acids is 2. The van der Waals surface area contributed by atoms with Crippen LogP contribution in [0, 0.1) is 13.8 Å². The number of nitrogens with one attached hydrogen (secondary N) is 2. The van der Waals surface area contributed by atoms with Crippen LogP contribution in [0.1, 0.15) is 40.1 Å². The highest BCUT2D eigenvalue weighted by Crippen LogP contribution is 2.17. The maximum absolute atomic E-state index is 12.1. The number of fused-ring (bicyclic) bond motifs is 1. The molecule has 5 heteroatoms. The minimum Gasteiger partial charge on any atom is -0.451 e. The molecule has 0 saturated carbocycles. The van der Waals surface area contributed by atoms with Gasteiger partial charge in [0.05, 0.1) is 6.04 Å². The molecule has 2 N–H and O–H groups in total. The molecular formula is C21H22N2O3. The maximum Gasteiger partial charge on any atom is 0.355 e. The second-order valence-electron chi connectivity index (χ2n) is 6.48. The van der Waals surface area contributed by atoms with Crippen molar-refractivity contribution in [2.75, 3.05) is 6.61 Å². The summed E-state index contributed by atoms with van der Waals surface area (Å²) in [5, 5.41) is 3.77. The summed E-state index contributed by atoms with van der Waals surface area (Å²) in [6, 6.07) is 15.2. The van der Waals surface area contributed by atoms with Crippen molar-refractivity contribution in [3.63, 3.8) is 0 Å². The number of aromatic nitrogens is 1. The molecule has 0 unspecified atom stereocenters. The van der Waals surface area contributed by atoms with Gasteiger partial charge in [0, 0.05) is 10.9 Å². The zero-order chi connectivity index (χ0) is 18.7. The van der Waals surface area contributed by atoms with Gasteiger partial charge in [0.15, 0.2) is 6.61 Å². The van der Waals surface area contributed by atoms with E-state index in [1.165, 1.54) is 11.1 Å². The van der Waals surface area contributed by atoms with Gasteiger partial charge in [0.25, 0.3) is 5.91 Å². The highest BCUT2D eigenvalue weighted by molar-refractivity contribution is 5.95. The van der Waals surface area contributed by atoms with Crippen molar-refractivity contribution in [1.29, 1.82) is 0 Å². The van der Waals surface area contributed by atoms with Crippen molar-refractivity contribution in [1.82, 2.24) is 10.3 Å². The highest BCUT2D eigenvalue weighted by atomic mass is 16.5. The largest absolute Gasteiger partial charge is 0.451 e. The van der Waals surface area contributed by atoms with Gasteiger partial charge in [-0.05, 0) is 49.6 Å². The third-order valence-electron chi connectivity index (χ3n) is 4.49. The third-order valence-corrected chi connectivity index (χ3v) is 4.49. The summed E-state index contributed by atoms with van der Waals surface area (Å²) < 4.78 is 5.12. The van der Waals surface area contributed by atoms with Crippen LogP contribution >= 0.6 is 0 Å². The molecule has 2 aromatic carbocycles. The summed E-state index contributed by atoms with van der Waals surface area (Å²) >= 11 is 0. The van der Waals surface area contributed by atoms with Gasteiger partial charge in [0.2, 0.25) is 0 Å². The van der Waals surface area contributed by atoms with Crippen LogP contribution in [0.4, 0.5) is 0 Å². The Bertz CT molecular complexity index is 926. The topological polar surface area (TPSA) is 71.2 Å². The molecule has 0 bridgehead atoms. The first-order valence-corrected chi connectivity index (χ1v) is 8.55. The Morgan fingerprint density at radius 2 is 1.85 bits per heavy atom. The molecule has 1 heterocycles. The fraction of sp³-hybridized carbons (Fsp3) is 0.238. The Hall–Kier alpha value is -3.08. The molecule has 0 aliphatic rings. The number of carbonyl (C=O) groups is 2. The molecule has 0 aliphatic carbocycles. The Morgan fingerprint density at radius 3 is 2.58 bits per heavy atom. The Balaban J connectivity index is 1.56. The van der Waals surface area contributed by atoms with Gasteiger partial charge in [0.1, 0.15) is 5.69 Å². The van der Waals surface area contributed by atoms with Gasteiger partial charge in [-0.1, -0.05) is 36.4 Å². The van der Waals surface area contributed by atoms with E-state index in [4.69, 9.17) is 4.74 Å². The number of hydrogen-bond acceptors (Lipinski definition) is 3. The zero-order valence-corrected chi connectivity index (χ0v) is 15.1. The minimum absolute atomic E-state index is 0.159. The number of ether oxygens (including phenoxy) is 1. The van der Waals surface area contributed by atoms with Crippen LogP contribution in [0.2, 0.25) is 0 Å². The van der Waals surface area contributed by atoms with Crippen molar-refractivity contribution in [2.24, 2.45) is 0 Å². The molecule has 26 heavy (non-hydrogen) atoms. The lowest BCUT2D eigenvalue weighted by atomic mass is 10.0. The molecule has 1 aromatic heterocycles. The molecule has 0 saturated heterocycles. The van der Waals surface area contributed by atoms with E-state index in [0.29, 0.717) is 5.69 Å². The monoisotopic (exact) mass is 350 g/mol. The van der Waals surface area contributed by atoms with Crippen molar-refractivity contribution in [3.05, 3.63) is 70.9 Å². The van der Waals surface area contributed by atoms with Gasteiger partial charge in [-0.3, -0.25) is 4.79 Å². The van der Waals surface area contributed by atoms with Crippen molar-refractivity contribution >= 4 is 22.8 Å². The first kappa shape index (κ1) is 17.7. The van der Waals surface area contributed by atoms with Gasteiger partial charge in [-0.15, -0.1) is 0 Å². The quantitative estimate of drug-likeness (QED) is 0.687. The van der Waals surface area contributed by atoms with Crippen molar-refractivity contribution in [2.45, 2.75) is 26.8 Å². The average molecular weight is 350 g/mol. The van der Waals surface area contributed by atoms with E-state index in [9.17, 15) is 9.59 Å². The van der Waals surface area contributed by atoms with Gasteiger partial charge < -0.3 is 15.0 Å². The third kappa shape index (κ3) is 3.94. The predicted molar refractivity (Wildman–Crippen MR) is 101 cm³/mol. The molecule has 0 radical (unpaired) electrons. The fourth-order valence-electron chi connectivity index (χ4n) is 2.79. The zero-order valence-electron chi connectivity index (χ0n) is 15.1. The fourth-order valence-corrected chi connectivity index (χ4v) is 2.79. The maximum atomic E-state index is 12.1. The van der Waals surface area contributed by atoms with Crippen LogP contribution in [0.3, 0.4) is 0 Å². The SMILES string of the molecule is Cc1ccc([C@@H](C)NC(=O)COC(=O)c2cc3ccccc3[nH]2)cc1C. The normalized spacial score (nSPS) is 12.0. The molecule has 5 nitrogen and oxygen atoms in total. The van der Waals surface area contributed by atoms with Crippen LogP contribution in [-0.4, -0.2) is 23.5 Å². The van der Waals surface area contributed by atoms with Crippen LogP contribution in [-0.2, 0) is 9.53 Å². The number of para-hydroxylation sites is 1. The predicted octanol–water partition coefficient (Wildman–Crippen LogP) is 3.82. The number of benzene rings is 2. The lowest BCUT2D eigenvalue weighted by Gasteiger charge is -2.15.